The molecule has 19 heavy (non-hydrogen) atoms. The molecule has 2 aromatic carbocycles. The van der Waals surface area contributed by atoms with E-state index in [0.717, 1.165) is 19.5 Å². The number of hydrogen-bond acceptors (Lipinski definition) is 2. The van der Waals surface area contributed by atoms with Crippen LogP contribution in [0.5, 0.6) is 0 Å². The van der Waals surface area contributed by atoms with Crippen LogP contribution in [-0.4, -0.2) is 17.5 Å². The van der Waals surface area contributed by atoms with Gasteiger partial charge in [-0.25, -0.2) is 0 Å². The summed E-state index contributed by atoms with van der Waals surface area (Å²) in [6.07, 6.45) is 1.08. The fourth-order valence-corrected chi connectivity index (χ4v) is 2.99. The number of likely N-dealkylation sites (tertiary alicyclic amines) is 1. The van der Waals surface area contributed by atoms with Crippen molar-refractivity contribution in [3.8, 4) is 0 Å². The average Bonchev–Trinajstić information content (AvgIpc) is 2.82. The van der Waals surface area contributed by atoms with Crippen molar-refractivity contribution in [2.24, 2.45) is 5.73 Å². The molecule has 0 amide bonds. The minimum absolute atomic E-state index is 0.242. The summed E-state index contributed by atoms with van der Waals surface area (Å²) < 4.78 is 0. The van der Waals surface area contributed by atoms with Crippen molar-refractivity contribution < 1.29 is 0 Å². The van der Waals surface area contributed by atoms with E-state index in [2.05, 4.69) is 65.6 Å². The Bertz CT molecular complexity index is 509. The van der Waals surface area contributed by atoms with Crippen LogP contribution >= 0.6 is 0 Å². The maximum Gasteiger partial charge on any atom is 0.0503 e. The van der Waals surface area contributed by atoms with Gasteiger partial charge in [-0.05, 0) is 17.5 Å². The number of hydrogen-bond donors (Lipinski definition) is 1. The monoisotopic (exact) mass is 252 g/mol. The van der Waals surface area contributed by atoms with Crippen LogP contribution in [0.1, 0.15) is 23.6 Å². The van der Waals surface area contributed by atoms with E-state index in [1.165, 1.54) is 11.1 Å². The first-order valence-corrected chi connectivity index (χ1v) is 6.93. The largest absolute Gasteiger partial charge is 0.326 e. The van der Waals surface area contributed by atoms with Crippen LogP contribution in [0.15, 0.2) is 60.7 Å². The molecule has 0 saturated carbocycles. The molecule has 0 aromatic heterocycles. The Labute approximate surface area is 114 Å². The summed E-state index contributed by atoms with van der Waals surface area (Å²) in [7, 11) is 0. The van der Waals surface area contributed by atoms with E-state index in [4.69, 9.17) is 5.73 Å². The summed E-state index contributed by atoms with van der Waals surface area (Å²) in [5.41, 5.74) is 9.01. The van der Waals surface area contributed by atoms with Gasteiger partial charge in [-0.3, -0.25) is 4.90 Å². The molecular weight excluding hydrogens is 232 g/mol. The molecule has 2 N–H and O–H groups in total. The van der Waals surface area contributed by atoms with E-state index in [1.54, 1.807) is 0 Å². The zero-order valence-corrected chi connectivity index (χ0v) is 11.1. The van der Waals surface area contributed by atoms with Crippen LogP contribution < -0.4 is 5.73 Å². The van der Waals surface area contributed by atoms with Crippen LogP contribution in [0.2, 0.25) is 0 Å². The molecule has 1 aliphatic rings. The fourth-order valence-electron chi connectivity index (χ4n) is 2.99. The zero-order chi connectivity index (χ0) is 13.1. The molecule has 1 fully saturated rings. The summed E-state index contributed by atoms with van der Waals surface area (Å²) in [5, 5.41) is 0. The van der Waals surface area contributed by atoms with E-state index in [-0.39, 0.29) is 6.04 Å². The zero-order valence-electron chi connectivity index (χ0n) is 11.1. The van der Waals surface area contributed by atoms with Gasteiger partial charge in [0.25, 0.3) is 0 Å². The SMILES string of the molecule is NC1CCN(Cc2ccccc2)C1c1ccccc1. The van der Waals surface area contributed by atoms with Gasteiger partial charge in [-0.2, -0.15) is 0 Å². The number of nitrogens with two attached hydrogens (primary N) is 1. The molecule has 98 valence electrons. The van der Waals surface area contributed by atoms with E-state index in [1.807, 2.05) is 0 Å². The number of nitrogens with zero attached hydrogens (tertiary/aromatic N) is 1. The number of benzene rings is 2. The first-order valence-electron chi connectivity index (χ1n) is 6.93. The minimum Gasteiger partial charge on any atom is -0.326 e. The molecule has 1 aliphatic heterocycles. The van der Waals surface area contributed by atoms with Gasteiger partial charge in [-0.15, -0.1) is 0 Å². The lowest BCUT2D eigenvalue weighted by Crippen LogP contribution is -2.31. The molecule has 0 aliphatic carbocycles. The van der Waals surface area contributed by atoms with Crippen LogP contribution in [0.25, 0.3) is 0 Å². The van der Waals surface area contributed by atoms with Gasteiger partial charge in [0.05, 0.1) is 6.04 Å². The molecule has 2 aromatic rings. The topological polar surface area (TPSA) is 29.3 Å². The Hall–Kier alpha value is -1.64. The normalized spacial score (nSPS) is 23.6. The Morgan fingerprint density at radius 3 is 2.26 bits per heavy atom. The van der Waals surface area contributed by atoms with E-state index in [9.17, 15) is 0 Å². The lowest BCUT2D eigenvalue weighted by molar-refractivity contribution is 0.239. The summed E-state index contributed by atoms with van der Waals surface area (Å²) in [4.78, 5) is 2.50. The second-order valence-electron chi connectivity index (χ2n) is 5.26. The third kappa shape index (κ3) is 2.70. The molecule has 3 rings (SSSR count). The van der Waals surface area contributed by atoms with Gasteiger partial charge < -0.3 is 5.73 Å². The predicted molar refractivity (Wildman–Crippen MR) is 78.6 cm³/mol. The summed E-state index contributed by atoms with van der Waals surface area (Å²) in [6, 6.07) is 21.9. The summed E-state index contributed by atoms with van der Waals surface area (Å²) in [5.74, 6) is 0. The van der Waals surface area contributed by atoms with Crippen molar-refractivity contribution in [2.75, 3.05) is 6.54 Å². The standard InChI is InChI=1S/C17H20N2/c18-16-11-12-19(13-14-7-3-1-4-8-14)17(16)15-9-5-2-6-10-15/h1-10,16-17H,11-13,18H2. The highest BCUT2D eigenvalue weighted by Gasteiger charge is 2.32. The van der Waals surface area contributed by atoms with Crippen molar-refractivity contribution in [1.82, 2.24) is 4.90 Å². The third-order valence-electron chi connectivity index (χ3n) is 3.92. The van der Waals surface area contributed by atoms with Crippen molar-refractivity contribution in [2.45, 2.75) is 25.0 Å². The molecule has 2 heteroatoms. The van der Waals surface area contributed by atoms with Gasteiger partial charge >= 0.3 is 0 Å². The summed E-state index contributed by atoms with van der Waals surface area (Å²) in [6.45, 7) is 2.06. The maximum atomic E-state index is 6.31. The Kier molecular flexibility index (Phi) is 3.62. The lowest BCUT2D eigenvalue weighted by atomic mass is 10.0. The molecule has 1 heterocycles. The van der Waals surface area contributed by atoms with Crippen molar-refractivity contribution in [3.05, 3.63) is 71.8 Å². The Morgan fingerprint density at radius 1 is 0.947 bits per heavy atom. The van der Waals surface area contributed by atoms with Gasteiger partial charge in [0.2, 0.25) is 0 Å². The summed E-state index contributed by atoms with van der Waals surface area (Å²) >= 11 is 0. The molecule has 2 nitrogen and oxygen atoms in total. The van der Waals surface area contributed by atoms with Gasteiger partial charge in [0.15, 0.2) is 0 Å². The van der Waals surface area contributed by atoms with Crippen molar-refractivity contribution in [3.63, 3.8) is 0 Å². The fraction of sp³-hybridized carbons (Fsp3) is 0.294. The molecule has 2 unspecified atom stereocenters. The quantitative estimate of drug-likeness (QED) is 0.910. The second kappa shape index (κ2) is 5.55. The highest BCUT2D eigenvalue weighted by atomic mass is 15.2. The van der Waals surface area contributed by atoms with Crippen LogP contribution in [-0.2, 0) is 6.54 Å². The van der Waals surface area contributed by atoms with Crippen molar-refractivity contribution in [1.29, 1.82) is 0 Å². The Balaban J connectivity index is 1.81. The smallest absolute Gasteiger partial charge is 0.0503 e. The van der Waals surface area contributed by atoms with Crippen molar-refractivity contribution >= 4 is 0 Å². The van der Waals surface area contributed by atoms with Crippen LogP contribution in [0.3, 0.4) is 0 Å². The van der Waals surface area contributed by atoms with E-state index >= 15 is 0 Å². The third-order valence-corrected chi connectivity index (χ3v) is 3.92. The Morgan fingerprint density at radius 2 is 1.58 bits per heavy atom. The molecule has 0 spiro atoms. The first kappa shape index (κ1) is 12.4. The highest BCUT2D eigenvalue weighted by Crippen LogP contribution is 2.32. The van der Waals surface area contributed by atoms with Gasteiger partial charge in [0.1, 0.15) is 0 Å². The molecule has 1 saturated heterocycles. The molecular formula is C17H20N2. The lowest BCUT2D eigenvalue weighted by Gasteiger charge is -2.27. The minimum atomic E-state index is 0.242. The van der Waals surface area contributed by atoms with Crippen LogP contribution in [0.4, 0.5) is 0 Å². The second-order valence-corrected chi connectivity index (χ2v) is 5.26. The van der Waals surface area contributed by atoms with Gasteiger partial charge in [0, 0.05) is 19.1 Å². The average molecular weight is 252 g/mol. The first-order chi connectivity index (χ1) is 9.34. The van der Waals surface area contributed by atoms with E-state index in [0.29, 0.717) is 6.04 Å². The highest BCUT2D eigenvalue weighted by molar-refractivity contribution is 5.23. The maximum absolute atomic E-state index is 6.31. The molecule has 0 bridgehead atoms. The van der Waals surface area contributed by atoms with Crippen LogP contribution in [0, 0.1) is 0 Å². The van der Waals surface area contributed by atoms with E-state index < -0.39 is 0 Å². The number of rotatable bonds is 3. The van der Waals surface area contributed by atoms with Gasteiger partial charge in [-0.1, -0.05) is 60.7 Å². The molecule has 2 atom stereocenters. The predicted octanol–water partition coefficient (Wildman–Crippen LogP) is 2.96. The molecule has 0 radical (unpaired) electrons.